The molecule has 0 spiro atoms. The number of rotatable bonds is 8. The molecule has 0 atom stereocenters. The lowest BCUT2D eigenvalue weighted by Gasteiger charge is -2.16. The van der Waals surface area contributed by atoms with Crippen molar-refractivity contribution in [1.29, 1.82) is 0 Å². The normalized spacial score (nSPS) is 13.9. The van der Waals surface area contributed by atoms with Crippen molar-refractivity contribution >= 4 is 23.2 Å². The van der Waals surface area contributed by atoms with E-state index in [1.165, 1.54) is 38.4 Å². The molecule has 0 aliphatic carbocycles. The molecule has 0 bridgehead atoms. The van der Waals surface area contributed by atoms with Gasteiger partial charge in [-0.2, -0.15) is 0 Å². The van der Waals surface area contributed by atoms with E-state index < -0.39 is 0 Å². The van der Waals surface area contributed by atoms with Gasteiger partial charge in [-0.1, -0.05) is 62.1 Å². The van der Waals surface area contributed by atoms with E-state index in [-0.39, 0.29) is 0 Å². The van der Waals surface area contributed by atoms with Crippen molar-refractivity contribution < 1.29 is 0 Å². The van der Waals surface area contributed by atoms with Gasteiger partial charge in [0.2, 0.25) is 0 Å². The van der Waals surface area contributed by atoms with E-state index in [9.17, 15) is 0 Å². The first-order valence-corrected chi connectivity index (χ1v) is 11.0. The van der Waals surface area contributed by atoms with Crippen LogP contribution in [0.25, 0.3) is 16.7 Å². The van der Waals surface area contributed by atoms with Crippen LogP contribution in [0.5, 0.6) is 0 Å². The molecule has 0 unspecified atom stereocenters. The monoisotopic (exact) mass is 402 g/mol. The van der Waals surface area contributed by atoms with Gasteiger partial charge in [0.1, 0.15) is 0 Å². The van der Waals surface area contributed by atoms with Crippen LogP contribution < -0.4 is 4.72 Å². The van der Waals surface area contributed by atoms with Crippen LogP contribution in [0.2, 0.25) is 0 Å². The average Bonchev–Trinajstić information content (AvgIpc) is 3.08. The van der Waals surface area contributed by atoms with Crippen molar-refractivity contribution in [3.05, 3.63) is 83.6 Å². The molecule has 0 aromatic heterocycles. The largest absolute Gasteiger partial charge is 0.327 e. The third kappa shape index (κ3) is 4.91. The Hall–Kier alpha value is -2.52. The summed E-state index contributed by atoms with van der Waals surface area (Å²) in [6.07, 6.45) is 6.12. The first kappa shape index (κ1) is 21.2. The summed E-state index contributed by atoms with van der Waals surface area (Å²) in [5.74, 6) is 0. The summed E-state index contributed by atoms with van der Waals surface area (Å²) in [5.41, 5.74) is 9.89. The van der Waals surface area contributed by atoms with E-state index in [1.807, 2.05) is 6.92 Å². The molecule has 2 aromatic carbocycles. The Balaban J connectivity index is 1.88. The number of nitrogens with one attached hydrogen (secondary N) is 1. The molecule has 0 saturated carbocycles. The van der Waals surface area contributed by atoms with Gasteiger partial charge >= 0.3 is 0 Å². The topological polar surface area (TPSA) is 24.4 Å². The molecule has 1 aliphatic rings. The van der Waals surface area contributed by atoms with Crippen LogP contribution >= 0.6 is 11.9 Å². The third-order valence-electron chi connectivity index (χ3n) is 5.43. The van der Waals surface area contributed by atoms with E-state index in [1.54, 1.807) is 11.9 Å². The second kappa shape index (κ2) is 9.80. The molecule has 1 aliphatic heterocycles. The smallest absolute Gasteiger partial charge is 0.0801 e. The molecule has 2 aromatic rings. The van der Waals surface area contributed by atoms with Crippen LogP contribution in [0, 0.1) is 0 Å². The van der Waals surface area contributed by atoms with Gasteiger partial charge in [0.25, 0.3) is 0 Å². The molecule has 3 rings (SSSR count). The predicted molar refractivity (Wildman–Crippen MR) is 129 cm³/mol. The highest BCUT2D eigenvalue weighted by atomic mass is 32.2. The summed E-state index contributed by atoms with van der Waals surface area (Å²) in [6.45, 7) is 13.5. The SMILES string of the molecule is C=C(C/C=C\C)c1ccc(-c2ccccc2SNC2=C(C)C(C)=NC2)c(CC)c1. The number of nitrogens with zero attached hydrogens (tertiary/aromatic N) is 1. The Labute approximate surface area is 179 Å². The highest BCUT2D eigenvalue weighted by Crippen LogP contribution is 2.35. The molecule has 1 N–H and O–H groups in total. The van der Waals surface area contributed by atoms with Gasteiger partial charge in [-0.05, 0) is 85.0 Å². The van der Waals surface area contributed by atoms with Gasteiger partial charge < -0.3 is 4.72 Å². The molecule has 0 fully saturated rings. The Morgan fingerprint density at radius 1 is 1.17 bits per heavy atom. The predicted octanol–water partition coefficient (Wildman–Crippen LogP) is 7.24. The zero-order chi connectivity index (χ0) is 20.8. The summed E-state index contributed by atoms with van der Waals surface area (Å²) in [6, 6.07) is 15.4. The second-order valence-electron chi connectivity index (χ2n) is 7.31. The fraction of sp³-hybridized carbons (Fsp3) is 0.269. The fourth-order valence-electron chi connectivity index (χ4n) is 3.40. The summed E-state index contributed by atoms with van der Waals surface area (Å²) in [4.78, 5) is 5.75. The number of aliphatic imine (C=N–C) groups is 1. The van der Waals surface area contributed by atoms with E-state index in [2.05, 4.69) is 91.7 Å². The molecule has 2 nitrogen and oxygen atoms in total. The van der Waals surface area contributed by atoms with Gasteiger partial charge in [0.15, 0.2) is 0 Å². The first-order valence-electron chi connectivity index (χ1n) is 10.2. The number of aryl methyl sites for hydroxylation is 1. The molecular weight excluding hydrogens is 372 g/mol. The van der Waals surface area contributed by atoms with Crippen molar-refractivity contribution in [2.75, 3.05) is 6.54 Å². The minimum Gasteiger partial charge on any atom is -0.327 e. The molecule has 1 heterocycles. The number of allylic oxidation sites excluding steroid dienone is 4. The van der Waals surface area contributed by atoms with Gasteiger partial charge in [-0.25, -0.2) is 0 Å². The third-order valence-corrected chi connectivity index (χ3v) is 6.35. The van der Waals surface area contributed by atoms with Gasteiger partial charge in [0, 0.05) is 16.3 Å². The summed E-state index contributed by atoms with van der Waals surface area (Å²) in [7, 11) is 0. The van der Waals surface area contributed by atoms with Crippen LogP contribution in [0.15, 0.2) is 82.4 Å². The number of benzene rings is 2. The average molecular weight is 403 g/mol. The standard InChI is InChI=1S/C26H30N2S/c1-6-8-11-18(3)22-14-15-23(21(7-2)16-22)24-12-9-10-13-26(24)29-28-25-17-27-20(5)19(25)4/h6,8-10,12-16,28H,3,7,11,17H2,1-2,4-5H3/b8-6-. The van der Waals surface area contributed by atoms with E-state index in [0.717, 1.165) is 30.7 Å². The Kier molecular flexibility index (Phi) is 7.16. The summed E-state index contributed by atoms with van der Waals surface area (Å²) >= 11 is 1.68. The van der Waals surface area contributed by atoms with Crippen LogP contribution in [0.3, 0.4) is 0 Å². The Morgan fingerprint density at radius 3 is 2.66 bits per heavy atom. The summed E-state index contributed by atoms with van der Waals surface area (Å²) in [5, 5.41) is 0. The van der Waals surface area contributed by atoms with Crippen molar-refractivity contribution in [2.45, 2.75) is 45.4 Å². The van der Waals surface area contributed by atoms with Crippen molar-refractivity contribution in [3.8, 4) is 11.1 Å². The minimum absolute atomic E-state index is 0.746. The maximum absolute atomic E-state index is 4.52. The van der Waals surface area contributed by atoms with Crippen molar-refractivity contribution in [2.24, 2.45) is 4.99 Å². The van der Waals surface area contributed by atoms with E-state index in [4.69, 9.17) is 0 Å². The van der Waals surface area contributed by atoms with Gasteiger partial charge in [-0.15, -0.1) is 0 Å². The lowest BCUT2D eigenvalue weighted by Crippen LogP contribution is -2.07. The van der Waals surface area contributed by atoms with Crippen molar-refractivity contribution in [3.63, 3.8) is 0 Å². The lowest BCUT2D eigenvalue weighted by molar-refractivity contribution is 1.07. The number of hydrogen-bond donors (Lipinski definition) is 1. The molecule has 3 heteroatoms. The van der Waals surface area contributed by atoms with Crippen LogP contribution in [0.1, 0.15) is 45.2 Å². The highest BCUT2D eigenvalue weighted by Gasteiger charge is 2.14. The molecule has 0 radical (unpaired) electrons. The lowest BCUT2D eigenvalue weighted by atomic mass is 9.93. The second-order valence-corrected chi connectivity index (χ2v) is 8.16. The maximum atomic E-state index is 4.52. The van der Waals surface area contributed by atoms with Gasteiger partial charge in [0.05, 0.1) is 6.54 Å². The molecular formula is C26H30N2S. The van der Waals surface area contributed by atoms with Crippen LogP contribution in [-0.2, 0) is 6.42 Å². The maximum Gasteiger partial charge on any atom is 0.0801 e. The molecule has 0 saturated heterocycles. The molecule has 29 heavy (non-hydrogen) atoms. The fourth-order valence-corrected chi connectivity index (χ4v) is 4.29. The molecule has 150 valence electrons. The molecule has 0 amide bonds. The Bertz CT molecular complexity index is 996. The minimum atomic E-state index is 0.746. The quantitative estimate of drug-likeness (QED) is 0.372. The first-order chi connectivity index (χ1) is 14.0. The summed E-state index contributed by atoms with van der Waals surface area (Å²) < 4.78 is 3.54. The Morgan fingerprint density at radius 2 is 1.97 bits per heavy atom. The number of hydrogen-bond acceptors (Lipinski definition) is 3. The van der Waals surface area contributed by atoms with Gasteiger partial charge in [-0.3, -0.25) is 4.99 Å². The van der Waals surface area contributed by atoms with E-state index in [0.29, 0.717) is 0 Å². The zero-order valence-electron chi connectivity index (χ0n) is 17.9. The van der Waals surface area contributed by atoms with Crippen molar-refractivity contribution in [1.82, 2.24) is 4.72 Å². The van der Waals surface area contributed by atoms with Crippen LogP contribution in [0.4, 0.5) is 0 Å². The zero-order valence-corrected chi connectivity index (χ0v) is 18.7. The van der Waals surface area contributed by atoms with Crippen LogP contribution in [-0.4, -0.2) is 12.3 Å². The van der Waals surface area contributed by atoms with E-state index >= 15 is 0 Å². The highest BCUT2D eigenvalue weighted by molar-refractivity contribution is 7.97.